The summed E-state index contributed by atoms with van der Waals surface area (Å²) in [5.74, 6) is -1.06. The van der Waals surface area contributed by atoms with Crippen LogP contribution < -0.4 is 25.3 Å². The first kappa shape index (κ1) is 39.6. The number of ether oxygens (including phenoxy) is 3. The van der Waals surface area contributed by atoms with E-state index in [0.717, 1.165) is 47.8 Å². The Labute approximate surface area is 336 Å². The maximum Gasteiger partial charge on any atom is 0.414 e. The number of carbonyl (C=O) groups excluding carboxylic acids is 4. The third-order valence-corrected chi connectivity index (χ3v) is 11.2. The van der Waals surface area contributed by atoms with E-state index in [9.17, 15) is 19.2 Å². The van der Waals surface area contributed by atoms with Gasteiger partial charge in [0.05, 0.1) is 19.3 Å². The van der Waals surface area contributed by atoms with E-state index in [2.05, 4.69) is 35.0 Å². The number of oxime groups is 1. The number of benzene rings is 1. The van der Waals surface area contributed by atoms with Crippen LogP contribution >= 0.6 is 23.3 Å². The Morgan fingerprint density at radius 2 is 1.96 bits per heavy atom. The first-order chi connectivity index (χ1) is 27.4. The van der Waals surface area contributed by atoms with Crippen molar-refractivity contribution in [1.29, 1.82) is 0 Å². The van der Waals surface area contributed by atoms with Crippen LogP contribution in [-0.4, -0.2) is 103 Å². The highest BCUT2D eigenvalue weighted by molar-refractivity contribution is 8.00. The second kappa shape index (κ2) is 16.9. The van der Waals surface area contributed by atoms with Crippen LogP contribution in [0.3, 0.4) is 0 Å². The smallest absolute Gasteiger partial charge is 0.414 e. The van der Waals surface area contributed by atoms with Crippen LogP contribution in [0, 0.1) is 0 Å². The minimum atomic E-state index is -1.02. The first-order valence-corrected chi connectivity index (χ1v) is 20.1. The summed E-state index contributed by atoms with van der Waals surface area (Å²) >= 11 is 2.22. The predicted molar refractivity (Wildman–Crippen MR) is 209 cm³/mol. The topological polar surface area (TPSA) is 204 Å². The molecule has 3 aromatic heterocycles. The van der Waals surface area contributed by atoms with Crippen LogP contribution in [-0.2, 0) is 41.8 Å². The molecule has 6 heterocycles. The molecule has 3 unspecified atom stereocenters. The summed E-state index contributed by atoms with van der Waals surface area (Å²) in [5.41, 5.74) is 2.19. The maximum absolute atomic E-state index is 14.0. The summed E-state index contributed by atoms with van der Waals surface area (Å²) in [5, 5.41) is 12.0. The quantitative estimate of drug-likeness (QED) is 0.0585. The molecule has 3 aliphatic heterocycles. The fourth-order valence-electron chi connectivity index (χ4n) is 6.57. The molecule has 0 radical (unpaired) electrons. The molecule has 2 fully saturated rings. The molecular weight excluding hydrogens is 777 g/mol. The number of nitrogens with zero attached hydrogens (tertiary/aromatic N) is 7. The Kier molecular flexibility index (Phi) is 11.7. The summed E-state index contributed by atoms with van der Waals surface area (Å²) < 4.78 is 24.7. The van der Waals surface area contributed by atoms with Crippen LogP contribution in [0.2, 0.25) is 0 Å². The molecule has 0 spiro atoms. The molecule has 7 rings (SSSR count). The average molecular weight is 820 g/mol. The van der Waals surface area contributed by atoms with Crippen LogP contribution in [0.4, 0.5) is 9.93 Å². The molecule has 300 valence electrons. The number of amides is 3. The Hall–Kier alpha value is -5.60. The zero-order chi connectivity index (χ0) is 40.3. The molecule has 3 N–H and O–H groups in total. The second-order valence-electron chi connectivity index (χ2n) is 14.3. The van der Waals surface area contributed by atoms with E-state index < -0.39 is 40.9 Å². The van der Waals surface area contributed by atoms with Crippen molar-refractivity contribution in [2.24, 2.45) is 5.16 Å². The normalized spacial score (nSPS) is 19.5. The van der Waals surface area contributed by atoms with E-state index in [1.54, 1.807) is 59.1 Å². The first-order valence-electron chi connectivity index (χ1n) is 18.3. The van der Waals surface area contributed by atoms with Crippen molar-refractivity contribution < 1.29 is 42.8 Å². The summed E-state index contributed by atoms with van der Waals surface area (Å²) in [7, 11) is 1.57. The number of fused-ring (bicyclic) bond motifs is 2. The molecule has 57 heavy (non-hydrogen) atoms. The van der Waals surface area contributed by atoms with Crippen LogP contribution in [0.15, 0.2) is 65.3 Å². The van der Waals surface area contributed by atoms with Crippen molar-refractivity contribution in [2.45, 2.75) is 70.3 Å². The van der Waals surface area contributed by atoms with Gasteiger partial charge in [0.25, 0.3) is 11.8 Å². The van der Waals surface area contributed by atoms with Gasteiger partial charge in [-0.15, -0.1) is 11.8 Å². The van der Waals surface area contributed by atoms with E-state index in [1.165, 1.54) is 16.7 Å². The molecule has 3 atom stereocenters. The van der Waals surface area contributed by atoms with Gasteiger partial charge in [-0.2, -0.15) is 9.36 Å². The molecule has 20 heteroatoms. The van der Waals surface area contributed by atoms with Gasteiger partial charge in [-0.25, -0.2) is 14.2 Å². The van der Waals surface area contributed by atoms with Crippen LogP contribution in [0.25, 0.3) is 11.2 Å². The zero-order valence-corrected chi connectivity index (χ0v) is 33.6. The monoisotopic (exact) mass is 819 g/mol. The molecule has 0 aliphatic carbocycles. The molecule has 3 aliphatic rings. The van der Waals surface area contributed by atoms with Gasteiger partial charge in [-0.3, -0.25) is 19.8 Å². The van der Waals surface area contributed by atoms with Crippen LogP contribution in [0.5, 0.6) is 5.75 Å². The van der Waals surface area contributed by atoms with Gasteiger partial charge in [0.1, 0.15) is 53.7 Å². The third kappa shape index (κ3) is 8.71. The van der Waals surface area contributed by atoms with Gasteiger partial charge in [0, 0.05) is 29.4 Å². The van der Waals surface area contributed by atoms with Gasteiger partial charge >= 0.3 is 17.7 Å². The van der Waals surface area contributed by atoms with Crippen molar-refractivity contribution in [3.8, 4) is 5.75 Å². The lowest BCUT2D eigenvalue weighted by Crippen LogP contribution is -2.71. The predicted octanol–water partition coefficient (Wildman–Crippen LogP) is 2.90. The highest BCUT2D eigenvalue weighted by Crippen LogP contribution is 2.41. The zero-order valence-electron chi connectivity index (χ0n) is 32.0. The van der Waals surface area contributed by atoms with E-state index in [1.807, 2.05) is 29.2 Å². The number of pyridine rings is 1. The lowest BCUT2D eigenvalue weighted by molar-refractivity contribution is -0.664. The number of aromatic nitrogens is 5. The van der Waals surface area contributed by atoms with E-state index >= 15 is 0 Å². The Balaban J connectivity index is 1.12. The SMILES string of the molecule is CCO/N=C(\C(=O)NC1C(=O)N2C(C(=O)OCc3ccc(OC)cc3)=C(C[n+]3cccc4c3ncn4C3CCNC3)CSC12)c1nsc(NC(=O)OC(C)(C)C)n1. The van der Waals surface area contributed by atoms with Gasteiger partial charge in [-0.05, 0) is 75.5 Å². The molecule has 4 aromatic rings. The number of esters is 1. The Bertz CT molecular complexity index is 2230. The standard InChI is InChI=1S/C37H42N10O8S2/c1-6-54-43-26(29-41-35(57-44-29)42-36(51)55-37(2,3)4)31(48)40-27-32(49)47-28(34(50)53-18-21-9-11-24(52-5)12-10-21)22(19-56-33(27)47)17-45-15-7-8-25-30(45)39-20-46(25)23-13-14-38-16-23/h7-12,15,20,23,27,33,38H,6,13-14,16-19H2,1-5H3,(H-,40,41,42,44,48,51)/p+1/b43-26-. The van der Waals surface area contributed by atoms with Crippen molar-refractivity contribution in [3.63, 3.8) is 0 Å². The number of nitrogens with one attached hydrogen (secondary N) is 3. The highest BCUT2D eigenvalue weighted by Gasteiger charge is 2.55. The number of rotatable bonds is 13. The van der Waals surface area contributed by atoms with E-state index in [-0.39, 0.29) is 48.2 Å². The second-order valence-corrected chi connectivity index (χ2v) is 16.1. The number of β-lactam (4-membered cyclic amide) rings is 1. The molecular formula is C37H43N10O8S2+. The van der Waals surface area contributed by atoms with E-state index in [4.69, 9.17) is 24.0 Å². The number of hydrogen-bond acceptors (Lipinski definition) is 15. The lowest BCUT2D eigenvalue weighted by Gasteiger charge is -2.49. The highest BCUT2D eigenvalue weighted by atomic mass is 32.2. The number of methoxy groups -OCH3 is 1. The van der Waals surface area contributed by atoms with Gasteiger partial charge in [0.2, 0.25) is 23.0 Å². The Morgan fingerprint density at radius 1 is 1.16 bits per heavy atom. The number of thioether (sulfide) groups is 1. The number of carbonyl (C=O) groups is 4. The minimum absolute atomic E-state index is 0.0369. The Morgan fingerprint density at radius 3 is 2.68 bits per heavy atom. The van der Waals surface area contributed by atoms with Gasteiger partial charge in [0.15, 0.2) is 0 Å². The fraction of sp³-hybridized carbons (Fsp3) is 0.432. The number of hydrogen-bond donors (Lipinski definition) is 3. The average Bonchev–Trinajstić information content (AvgIpc) is 3.98. The molecule has 18 nitrogen and oxygen atoms in total. The summed E-state index contributed by atoms with van der Waals surface area (Å²) in [4.78, 5) is 69.6. The van der Waals surface area contributed by atoms with Gasteiger partial charge < -0.3 is 34.2 Å². The summed E-state index contributed by atoms with van der Waals surface area (Å²) in [6.45, 7) is 9.01. The molecule has 0 saturated carbocycles. The van der Waals surface area contributed by atoms with Crippen LogP contribution in [0.1, 0.15) is 51.5 Å². The van der Waals surface area contributed by atoms with Crippen molar-refractivity contribution >= 4 is 69.2 Å². The number of anilines is 1. The lowest BCUT2D eigenvalue weighted by atomic mass is 10.0. The maximum atomic E-state index is 14.0. The van der Waals surface area contributed by atoms with Crippen molar-refractivity contribution in [2.75, 3.05) is 37.9 Å². The molecule has 2 saturated heterocycles. The molecule has 3 amide bonds. The third-order valence-electron chi connectivity index (χ3n) is 9.19. The number of imidazole rings is 1. The van der Waals surface area contributed by atoms with Crippen molar-refractivity contribution in [3.05, 3.63) is 71.6 Å². The molecule has 1 aromatic carbocycles. The summed E-state index contributed by atoms with van der Waals surface area (Å²) in [6.07, 6.45) is 3.99. The van der Waals surface area contributed by atoms with Crippen molar-refractivity contribution in [1.82, 2.24) is 34.4 Å². The minimum Gasteiger partial charge on any atom is -0.497 e. The van der Waals surface area contributed by atoms with E-state index in [0.29, 0.717) is 17.1 Å². The largest absolute Gasteiger partial charge is 0.497 e. The summed E-state index contributed by atoms with van der Waals surface area (Å²) in [6, 6.07) is 10.4. The van der Waals surface area contributed by atoms with Gasteiger partial charge in [-0.1, -0.05) is 17.3 Å². The fourth-order valence-corrected chi connectivity index (χ4v) is 8.46. The molecule has 0 bridgehead atoms.